The molecule has 0 bridgehead atoms. The van der Waals surface area contributed by atoms with Gasteiger partial charge in [0.2, 0.25) is 5.91 Å². The summed E-state index contributed by atoms with van der Waals surface area (Å²) in [5, 5.41) is 8.48. The van der Waals surface area contributed by atoms with Crippen LogP contribution in [0.25, 0.3) is 0 Å². The molecule has 1 unspecified atom stereocenters. The van der Waals surface area contributed by atoms with Crippen LogP contribution >= 0.6 is 11.8 Å². The zero-order valence-electron chi connectivity index (χ0n) is 10.3. The molecule has 0 aromatic rings. The fourth-order valence-corrected chi connectivity index (χ4v) is 2.47. The van der Waals surface area contributed by atoms with Crippen LogP contribution in [-0.2, 0) is 19.1 Å². The van der Waals surface area contributed by atoms with Crippen molar-refractivity contribution in [2.45, 2.75) is 25.8 Å². The number of carboxylic acids is 1. The Labute approximate surface area is 110 Å². The van der Waals surface area contributed by atoms with E-state index in [2.05, 4.69) is 0 Å². The van der Waals surface area contributed by atoms with Gasteiger partial charge in [-0.05, 0) is 19.8 Å². The van der Waals surface area contributed by atoms with E-state index in [0.717, 1.165) is 18.2 Å². The summed E-state index contributed by atoms with van der Waals surface area (Å²) < 4.78 is 4.92. The third kappa shape index (κ3) is 4.21. The fourth-order valence-electron chi connectivity index (χ4n) is 1.86. The minimum Gasteiger partial charge on any atom is -0.481 e. The molecule has 1 N–H and O–H groups in total. The van der Waals surface area contributed by atoms with Gasteiger partial charge in [-0.1, -0.05) is 0 Å². The summed E-state index contributed by atoms with van der Waals surface area (Å²) in [6, 6.07) is -0.497. The molecular weight excluding hydrogens is 258 g/mol. The second kappa shape index (κ2) is 7.25. The number of ether oxygens (including phenoxy) is 1. The molecule has 1 saturated heterocycles. The van der Waals surface area contributed by atoms with E-state index in [1.165, 1.54) is 4.90 Å². The first-order chi connectivity index (χ1) is 8.56. The first kappa shape index (κ1) is 14.8. The average Bonchev–Trinajstić information content (AvgIpc) is 2.77. The van der Waals surface area contributed by atoms with Crippen molar-refractivity contribution in [2.24, 2.45) is 0 Å². The summed E-state index contributed by atoms with van der Waals surface area (Å²) in [5.74, 6) is -1.54. The summed E-state index contributed by atoms with van der Waals surface area (Å²) in [7, 11) is 0. The monoisotopic (exact) mass is 275 g/mol. The quantitative estimate of drug-likeness (QED) is 0.705. The van der Waals surface area contributed by atoms with Gasteiger partial charge in [0.15, 0.2) is 0 Å². The summed E-state index contributed by atoms with van der Waals surface area (Å²) in [5.41, 5.74) is 0. The molecule has 0 radical (unpaired) electrons. The van der Waals surface area contributed by atoms with E-state index in [-0.39, 0.29) is 23.4 Å². The predicted octanol–water partition coefficient (Wildman–Crippen LogP) is 0.358. The van der Waals surface area contributed by atoms with Crippen molar-refractivity contribution in [1.29, 1.82) is 0 Å². The predicted molar refractivity (Wildman–Crippen MR) is 66.3 cm³/mol. The lowest BCUT2D eigenvalue weighted by atomic mass is 10.2. The van der Waals surface area contributed by atoms with Gasteiger partial charge in [0, 0.05) is 6.54 Å². The normalized spacial score (nSPS) is 18.7. The number of esters is 1. The summed E-state index contributed by atoms with van der Waals surface area (Å²) >= 11 is 1.04. The number of carbonyl (C=O) groups excluding carboxylic acids is 2. The summed E-state index contributed by atoms with van der Waals surface area (Å²) in [6.07, 6.45) is 1.40. The van der Waals surface area contributed by atoms with E-state index in [9.17, 15) is 14.4 Å². The lowest BCUT2D eigenvalue weighted by Gasteiger charge is -2.22. The number of thioether (sulfide) groups is 1. The van der Waals surface area contributed by atoms with E-state index >= 15 is 0 Å². The zero-order chi connectivity index (χ0) is 13.5. The first-order valence-electron chi connectivity index (χ1n) is 5.82. The molecule has 1 fully saturated rings. The van der Waals surface area contributed by atoms with Gasteiger partial charge >= 0.3 is 11.9 Å². The standard InChI is InChI=1S/C11H17NO5S/c1-2-17-11(16)8-4-3-5-12(8)9(13)6-18-7-10(14)15/h8H,2-7H2,1H3,(H,14,15). The van der Waals surface area contributed by atoms with Crippen LogP contribution in [0.1, 0.15) is 19.8 Å². The zero-order valence-corrected chi connectivity index (χ0v) is 11.1. The van der Waals surface area contributed by atoms with Gasteiger partial charge in [-0.25, -0.2) is 4.79 Å². The second-order valence-electron chi connectivity index (χ2n) is 3.88. The topological polar surface area (TPSA) is 83.9 Å². The van der Waals surface area contributed by atoms with E-state index in [0.29, 0.717) is 19.6 Å². The van der Waals surface area contributed by atoms with Crippen molar-refractivity contribution in [3.63, 3.8) is 0 Å². The van der Waals surface area contributed by atoms with Crippen LogP contribution in [0.3, 0.4) is 0 Å². The number of carboxylic acid groups (broad SMARTS) is 1. The highest BCUT2D eigenvalue weighted by atomic mass is 32.2. The summed E-state index contributed by atoms with van der Waals surface area (Å²) in [6.45, 7) is 2.56. The Morgan fingerprint density at radius 2 is 2.11 bits per heavy atom. The molecule has 0 spiro atoms. The molecule has 1 amide bonds. The third-order valence-electron chi connectivity index (χ3n) is 2.58. The molecule has 0 saturated carbocycles. The van der Waals surface area contributed by atoms with Crippen molar-refractivity contribution >= 4 is 29.6 Å². The van der Waals surface area contributed by atoms with Gasteiger partial charge < -0.3 is 14.7 Å². The highest BCUT2D eigenvalue weighted by Gasteiger charge is 2.34. The number of rotatable bonds is 6. The average molecular weight is 275 g/mol. The van der Waals surface area contributed by atoms with Gasteiger partial charge in [0.25, 0.3) is 0 Å². The molecule has 0 aromatic heterocycles. The Morgan fingerprint density at radius 3 is 2.72 bits per heavy atom. The second-order valence-corrected chi connectivity index (χ2v) is 4.87. The maximum Gasteiger partial charge on any atom is 0.328 e. The van der Waals surface area contributed by atoms with Crippen molar-refractivity contribution in [1.82, 2.24) is 4.90 Å². The molecular formula is C11H17NO5S. The molecule has 6 nitrogen and oxygen atoms in total. The van der Waals surface area contributed by atoms with Crippen LogP contribution in [0.15, 0.2) is 0 Å². The highest BCUT2D eigenvalue weighted by Crippen LogP contribution is 2.19. The van der Waals surface area contributed by atoms with Gasteiger partial charge in [-0.15, -0.1) is 11.8 Å². The van der Waals surface area contributed by atoms with Crippen molar-refractivity contribution in [3.8, 4) is 0 Å². The number of likely N-dealkylation sites (tertiary alicyclic amines) is 1. The molecule has 0 aromatic carbocycles. The number of carbonyl (C=O) groups is 3. The number of aliphatic carboxylic acids is 1. The Kier molecular flexibility index (Phi) is 5.97. The smallest absolute Gasteiger partial charge is 0.328 e. The van der Waals surface area contributed by atoms with E-state index in [1.54, 1.807) is 6.92 Å². The number of amides is 1. The van der Waals surface area contributed by atoms with Gasteiger partial charge in [-0.3, -0.25) is 9.59 Å². The molecule has 18 heavy (non-hydrogen) atoms. The Hall–Kier alpha value is -1.24. The lowest BCUT2D eigenvalue weighted by Crippen LogP contribution is -2.42. The molecule has 1 aliphatic rings. The molecule has 1 atom stereocenters. The summed E-state index contributed by atoms with van der Waals surface area (Å²) in [4.78, 5) is 35.3. The Bertz CT molecular complexity index is 333. The SMILES string of the molecule is CCOC(=O)C1CCCN1C(=O)CSCC(=O)O. The molecule has 1 rings (SSSR count). The van der Waals surface area contributed by atoms with Crippen LogP contribution in [-0.4, -0.2) is 58.6 Å². The van der Waals surface area contributed by atoms with Crippen LogP contribution < -0.4 is 0 Å². The molecule has 0 aliphatic carbocycles. The third-order valence-corrected chi connectivity index (χ3v) is 3.49. The van der Waals surface area contributed by atoms with Crippen molar-refractivity contribution in [2.75, 3.05) is 24.7 Å². The largest absolute Gasteiger partial charge is 0.481 e. The van der Waals surface area contributed by atoms with Crippen molar-refractivity contribution < 1.29 is 24.2 Å². The highest BCUT2D eigenvalue weighted by molar-refractivity contribution is 8.00. The first-order valence-corrected chi connectivity index (χ1v) is 6.97. The maximum absolute atomic E-state index is 11.9. The molecule has 1 heterocycles. The molecule has 102 valence electrons. The Balaban J connectivity index is 2.45. The van der Waals surface area contributed by atoms with Crippen LogP contribution in [0.4, 0.5) is 0 Å². The van der Waals surface area contributed by atoms with Gasteiger partial charge in [0.1, 0.15) is 6.04 Å². The van der Waals surface area contributed by atoms with E-state index in [4.69, 9.17) is 9.84 Å². The van der Waals surface area contributed by atoms with E-state index in [1.807, 2.05) is 0 Å². The number of nitrogens with zero attached hydrogens (tertiary/aromatic N) is 1. The maximum atomic E-state index is 11.9. The lowest BCUT2D eigenvalue weighted by molar-refractivity contribution is -0.152. The molecule has 7 heteroatoms. The van der Waals surface area contributed by atoms with E-state index < -0.39 is 12.0 Å². The van der Waals surface area contributed by atoms with Gasteiger partial charge in [-0.2, -0.15) is 0 Å². The van der Waals surface area contributed by atoms with Crippen molar-refractivity contribution in [3.05, 3.63) is 0 Å². The van der Waals surface area contributed by atoms with Crippen LogP contribution in [0, 0.1) is 0 Å². The van der Waals surface area contributed by atoms with Crippen LogP contribution in [0.5, 0.6) is 0 Å². The Morgan fingerprint density at radius 1 is 1.39 bits per heavy atom. The number of hydrogen-bond donors (Lipinski definition) is 1. The number of hydrogen-bond acceptors (Lipinski definition) is 5. The minimum absolute atomic E-state index is 0.0855. The van der Waals surface area contributed by atoms with Gasteiger partial charge in [0.05, 0.1) is 18.1 Å². The fraction of sp³-hybridized carbons (Fsp3) is 0.727. The molecule has 1 aliphatic heterocycles. The van der Waals surface area contributed by atoms with Crippen LogP contribution in [0.2, 0.25) is 0 Å². The minimum atomic E-state index is -0.948.